The van der Waals surface area contributed by atoms with Crippen LogP contribution in [0.2, 0.25) is 0 Å². The molecule has 1 aliphatic heterocycles. The van der Waals surface area contributed by atoms with Gasteiger partial charge in [0.2, 0.25) is 0 Å². The molecule has 0 bridgehead atoms. The van der Waals surface area contributed by atoms with Gasteiger partial charge in [-0.05, 0) is 55.7 Å². The number of rotatable bonds is 6. The van der Waals surface area contributed by atoms with Gasteiger partial charge in [-0.3, -0.25) is 10.3 Å². The van der Waals surface area contributed by atoms with Crippen LogP contribution in [-0.2, 0) is 20.6 Å². The summed E-state index contributed by atoms with van der Waals surface area (Å²) in [5.41, 5.74) is 1.60. The first-order chi connectivity index (χ1) is 14.3. The first kappa shape index (κ1) is 22.2. The monoisotopic (exact) mass is 428 g/mol. The molecule has 0 saturated carbocycles. The van der Waals surface area contributed by atoms with Gasteiger partial charge in [-0.25, -0.2) is 4.39 Å². The van der Waals surface area contributed by atoms with Gasteiger partial charge in [0.15, 0.2) is 4.77 Å². The summed E-state index contributed by atoms with van der Waals surface area (Å²) >= 11 is 5.44. The topological polar surface area (TPSA) is 64.0 Å². The lowest BCUT2D eigenvalue weighted by Crippen LogP contribution is -2.41. The lowest BCUT2D eigenvalue weighted by Gasteiger charge is -2.37. The smallest absolute Gasteiger partial charge is 0.182 e. The highest BCUT2D eigenvalue weighted by Crippen LogP contribution is 2.24. The van der Waals surface area contributed by atoms with Gasteiger partial charge in [0.25, 0.3) is 0 Å². The Kier molecular flexibility index (Phi) is 7.06. The van der Waals surface area contributed by atoms with Gasteiger partial charge in [-0.1, -0.05) is 18.6 Å². The number of hydrogen-bond acceptors (Lipinski definition) is 5. The Balaban J connectivity index is 1.75. The van der Waals surface area contributed by atoms with E-state index < -0.39 is 0 Å². The molecule has 0 radical (unpaired) electrons. The Hall–Kier alpha value is -2.50. The zero-order chi connectivity index (χ0) is 21.8. The second-order valence-electron chi connectivity index (χ2n) is 8.02. The lowest BCUT2D eigenvalue weighted by atomic mass is 9.98. The molecular formula is C22H29FN6S. The molecule has 0 aliphatic carbocycles. The molecule has 1 unspecified atom stereocenters. The molecule has 1 saturated heterocycles. The Labute approximate surface area is 182 Å². The molecular weight excluding hydrogens is 399 g/mol. The normalized spacial score (nSPS) is 17.0. The number of nitrogens with zero attached hydrogens (tertiary/aromatic N) is 5. The van der Waals surface area contributed by atoms with E-state index in [0.717, 1.165) is 38.0 Å². The van der Waals surface area contributed by atoms with E-state index >= 15 is 0 Å². The van der Waals surface area contributed by atoms with Gasteiger partial charge >= 0.3 is 0 Å². The first-order valence-electron chi connectivity index (χ1n) is 10.3. The molecule has 30 heavy (non-hydrogen) atoms. The molecule has 8 heteroatoms. The van der Waals surface area contributed by atoms with Crippen LogP contribution in [0.15, 0.2) is 24.3 Å². The minimum atomic E-state index is -0.206. The Morgan fingerprint density at radius 1 is 1.23 bits per heavy atom. The maximum Gasteiger partial charge on any atom is 0.182 e. The van der Waals surface area contributed by atoms with Crippen LogP contribution >= 0.6 is 12.2 Å². The zero-order valence-electron chi connectivity index (χ0n) is 17.9. The Bertz CT molecular complexity index is 1050. The third-order valence-corrected chi connectivity index (χ3v) is 6.55. The van der Waals surface area contributed by atoms with Crippen molar-refractivity contribution in [2.75, 3.05) is 25.0 Å². The molecule has 1 aromatic heterocycles. The van der Waals surface area contributed by atoms with E-state index in [-0.39, 0.29) is 11.3 Å². The van der Waals surface area contributed by atoms with E-state index in [9.17, 15) is 9.65 Å². The van der Waals surface area contributed by atoms with Crippen LogP contribution in [0, 0.1) is 27.3 Å². The van der Waals surface area contributed by atoms with Crippen molar-refractivity contribution < 1.29 is 4.39 Å². The number of aromatic nitrogens is 2. The largest absolute Gasteiger partial charge is 0.360 e. The van der Waals surface area contributed by atoms with Crippen molar-refractivity contribution in [2.45, 2.75) is 38.3 Å². The summed E-state index contributed by atoms with van der Waals surface area (Å²) < 4.78 is 17.1. The predicted octanol–water partition coefficient (Wildman–Crippen LogP) is 3.46. The second kappa shape index (κ2) is 9.54. The fourth-order valence-electron chi connectivity index (χ4n) is 4.27. The molecule has 2 aromatic rings. The van der Waals surface area contributed by atoms with E-state index in [1.54, 1.807) is 11.6 Å². The van der Waals surface area contributed by atoms with E-state index in [4.69, 9.17) is 17.6 Å². The van der Waals surface area contributed by atoms with Gasteiger partial charge in [0, 0.05) is 40.3 Å². The van der Waals surface area contributed by atoms with Crippen LogP contribution in [0.1, 0.15) is 36.8 Å². The van der Waals surface area contributed by atoms with Crippen molar-refractivity contribution in [1.82, 2.24) is 14.0 Å². The average molecular weight is 429 g/mol. The van der Waals surface area contributed by atoms with Crippen molar-refractivity contribution in [3.8, 4) is 6.07 Å². The van der Waals surface area contributed by atoms with Gasteiger partial charge in [-0.15, -0.1) is 0 Å². The predicted molar refractivity (Wildman–Crippen MR) is 118 cm³/mol. The summed E-state index contributed by atoms with van der Waals surface area (Å²) in [6.45, 7) is 2.62. The number of nitrogens with one attached hydrogen (secondary N) is 1. The second-order valence-corrected chi connectivity index (χ2v) is 8.38. The summed E-state index contributed by atoms with van der Waals surface area (Å²) in [6, 6.07) is 9.37. The molecule has 0 spiro atoms. The third-order valence-electron chi connectivity index (χ3n) is 6.01. The fourth-order valence-corrected chi connectivity index (χ4v) is 4.45. The number of nitriles is 1. The van der Waals surface area contributed by atoms with Crippen molar-refractivity contribution in [3.63, 3.8) is 0 Å². The van der Waals surface area contributed by atoms with Gasteiger partial charge in [0.05, 0.1) is 0 Å². The first-order valence-corrected chi connectivity index (χ1v) is 10.7. The molecule has 6 nitrogen and oxygen atoms in total. The van der Waals surface area contributed by atoms with Crippen LogP contribution in [0.3, 0.4) is 0 Å². The number of benzene rings is 1. The summed E-state index contributed by atoms with van der Waals surface area (Å²) in [5, 5.41) is 17.9. The SMILES string of the molecule is CN(CCC1CCCCN1Cc1ccc(F)cc1)c1c(C#N)c(=N)n(C)c(=S)n1C. The highest BCUT2D eigenvalue weighted by atomic mass is 32.1. The standard InChI is InChI=1S/C22H29FN6S/c1-26(21-19(14-24)20(25)27(2)22(30)28(21)3)13-11-18-6-4-5-12-29(18)15-16-7-9-17(23)10-8-16/h7-10,18,25H,4-6,11-13,15H2,1-3H3. The van der Waals surface area contributed by atoms with E-state index in [1.165, 1.54) is 25.0 Å². The Morgan fingerprint density at radius 3 is 2.60 bits per heavy atom. The highest BCUT2D eigenvalue weighted by molar-refractivity contribution is 7.71. The van der Waals surface area contributed by atoms with E-state index in [2.05, 4.69) is 11.0 Å². The average Bonchev–Trinajstić information content (AvgIpc) is 2.75. The van der Waals surface area contributed by atoms with Crippen LogP contribution < -0.4 is 10.4 Å². The van der Waals surface area contributed by atoms with Crippen LogP contribution in [0.4, 0.5) is 10.2 Å². The minimum absolute atomic E-state index is 0.137. The fraction of sp³-hybridized carbons (Fsp3) is 0.500. The maximum absolute atomic E-state index is 13.2. The number of halogens is 1. The summed E-state index contributed by atoms with van der Waals surface area (Å²) in [4.78, 5) is 4.52. The van der Waals surface area contributed by atoms with Gasteiger partial charge < -0.3 is 14.0 Å². The molecule has 3 rings (SSSR count). The van der Waals surface area contributed by atoms with Crippen molar-refractivity contribution in [2.24, 2.45) is 14.1 Å². The highest BCUT2D eigenvalue weighted by Gasteiger charge is 2.24. The molecule has 1 aromatic carbocycles. The summed E-state index contributed by atoms with van der Waals surface area (Å²) in [7, 11) is 5.51. The number of anilines is 1. The van der Waals surface area contributed by atoms with E-state index in [1.807, 2.05) is 35.7 Å². The lowest BCUT2D eigenvalue weighted by molar-refractivity contribution is 0.133. The maximum atomic E-state index is 13.2. The molecule has 1 aliphatic rings. The van der Waals surface area contributed by atoms with Gasteiger partial charge in [-0.2, -0.15) is 5.26 Å². The third kappa shape index (κ3) is 4.63. The van der Waals surface area contributed by atoms with Crippen LogP contribution in [-0.4, -0.2) is 40.2 Å². The van der Waals surface area contributed by atoms with E-state index in [0.29, 0.717) is 22.2 Å². The van der Waals surface area contributed by atoms with Crippen LogP contribution in [0.5, 0.6) is 0 Å². The van der Waals surface area contributed by atoms with Crippen molar-refractivity contribution in [1.29, 1.82) is 10.7 Å². The zero-order valence-corrected chi connectivity index (χ0v) is 18.7. The number of hydrogen-bond donors (Lipinski definition) is 1. The molecule has 0 amide bonds. The Morgan fingerprint density at radius 2 is 1.93 bits per heavy atom. The summed E-state index contributed by atoms with van der Waals surface area (Å²) in [6.07, 6.45) is 4.47. The van der Waals surface area contributed by atoms with Crippen molar-refractivity contribution in [3.05, 3.63) is 51.5 Å². The number of piperidine rings is 1. The molecule has 160 valence electrons. The van der Waals surface area contributed by atoms with Gasteiger partial charge in [0.1, 0.15) is 28.8 Å². The minimum Gasteiger partial charge on any atom is -0.360 e. The molecule has 1 atom stereocenters. The quantitative estimate of drug-likeness (QED) is 0.716. The van der Waals surface area contributed by atoms with Crippen molar-refractivity contribution >= 4 is 18.0 Å². The summed E-state index contributed by atoms with van der Waals surface area (Å²) in [5.74, 6) is 0.481. The van der Waals surface area contributed by atoms with Crippen LogP contribution in [0.25, 0.3) is 0 Å². The molecule has 1 N–H and O–H groups in total. The molecule has 2 heterocycles. The number of likely N-dealkylation sites (tertiary alicyclic amines) is 1. The molecule has 1 fully saturated rings.